The molecule has 20 nitrogen and oxygen atoms in total. The Bertz CT molecular complexity index is 2370. The highest BCUT2D eigenvalue weighted by Crippen LogP contribution is 2.26. The van der Waals surface area contributed by atoms with Crippen LogP contribution in [0, 0.1) is 5.92 Å². The lowest BCUT2D eigenvalue weighted by molar-refractivity contribution is -0.165. The third-order valence-corrected chi connectivity index (χ3v) is 12.5. The molecule has 2 fully saturated rings. The van der Waals surface area contributed by atoms with Gasteiger partial charge in [-0.15, -0.1) is 0 Å². The van der Waals surface area contributed by atoms with Crippen molar-refractivity contribution in [3.05, 3.63) is 102 Å². The summed E-state index contributed by atoms with van der Waals surface area (Å²) in [5, 5.41) is 34.2. The largest absolute Gasteiger partial charge is 0.497 e. The first-order valence-electron chi connectivity index (χ1n) is 23.7. The number of carbonyl (C=O) groups is 9. The van der Waals surface area contributed by atoms with Crippen LogP contribution in [0.5, 0.6) is 5.75 Å². The summed E-state index contributed by atoms with van der Waals surface area (Å²) in [4.78, 5) is 129. The highest BCUT2D eigenvalue weighted by molar-refractivity contribution is 5.99. The van der Waals surface area contributed by atoms with Crippen LogP contribution < -0.4 is 31.3 Å². The minimum atomic E-state index is -1.85. The van der Waals surface area contributed by atoms with Crippen molar-refractivity contribution in [2.75, 3.05) is 14.2 Å². The number of benzene rings is 3. The summed E-state index contributed by atoms with van der Waals surface area (Å²) in [5.74, 6) is -8.73. The van der Waals surface area contributed by atoms with Crippen LogP contribution >= 0.6 is 0 Å². The number of aliphatic carboxylic acids is 1. The third kappa shape index (κ3) is 14.8. The molecule has 2 heterocycles. The number of carboxylic acids is 1. The first-order chi connectivity index (χ1) is 33.8. The van der Waals surface area contributed by atoms with Gasteiger partial charge in [-0.05, 0) is 60.9 Å². The molecule has 3 aromatic carbocycles. The van der Waals surface area contributed by atoms with E-state index in [0.717, 1.165) is 9.80 Å². The molecule has 5 rings (SSSR count). The zero-order valence-electron chi connectivity index (χ0n) is 40.8. The second kappa shape index (κ2) is 25.5. The number of carboxylic acid groups (broad SMARTS) is 1. The van der Waals surface area contributed by atoms with Gasteiger partial charge in [-0.2, -0.15) is 0 Å². The van der Waals surface area contributed by atoms with Crippen molar-refractivity contribution in [2.45, 2.75) is 134 Å². The van der Waals surface area contributed by atoms with Crippen molar-refractivity contribution in [1.29, 1.82) is 0 Å². The lowest BCUT2D eigenvalue weighted by Gasteiger charge is -2.43. The van der Waals surface area contributed by atoms with Crippen LogP contribution in [-0.4, -0.2) is 142 Å². The van der Waals surface area contributed by atoms with E-state index in [-0.39, 0.29) is 38.5 Å². The molecule has 7 N–H and O–H groups in total. The number of ether oxygens (including phenoxy) is 2. The number of carbonyl (C=O) groups excluding carboxylic acids is 8. The monoisotopic (exact) mass is 983 g/mol. The molecule has 7 amide bonds. The average molecular weight is 984 g/mol. The molecule has 2 bridgehead atoms. The maximum atomic E-state index is 15.1. The number of rotatable bonds is 15. The molecule has 9 atom stereocenters. The standard InChI is InChI=1S/C51H65N7O13/c1-7-14-40(59)52-37(28-42(61)62)46(64)56-44-30(4)71-51(69)43(29(2)3)55-47(65)38(26-33-19-21-34(70-6)22-20-33)57(5)50(68)39(27-32-17-12-9-13-18-32)58-41(60)24-23-35(49(58)67)53-45(63)36(54-48(44)66)25-31-15-10-8-11-16-31/h8-13,15-22,29-30,35-39,41,43-44,60H,7,14,23-28H2,1-6H3,(H,52,59)(H,53,63)(H,54,66)(H,55,65)(H,56,64)(H,61,62). The van der Waals surface area contributed by atoms with E-state index in [4.69, 9.17) is 9.47 Å². The van der Waals surface area contributed by atoms with Gasteiger partial charge in [0.2, 0.25) is 41.4 Å². The van der Waals surface area contributed by atoms with Crippen molar-refractivity contribution in [1.82, 2.24) is 36.4 Å². The summed E-state index contributed by atoms with van der Waals surface area (Å²) < 4.78 is 11.2. The normalized spacial score (nSPS) is 24.2. The Labute approximate surface area is 412 Å². The minimum Gasteiger partial charge on any atom is -0.497 e. The number of methoxy groups -OCH3 is 1. The van der Waals surface area contributed by atoms with Crippen LogP contribution in [0.25, 0.3) is 0 Å². The van der Waals surface area contributed by atoms with E-state index < -0.39 is 120 Å². The van der Waals surface area contributed by atoms with Crippen molar-refractivity contribution >= 4 is 53.3 Å². The SMILES string of the molecule is CCCC(=O)NC(CC(=O)O)C(=O)NC1C(=O)NC(Cc2ccccc2)C(=O)NC2CCC(O)N(C2=O)C(Cc2ccccc2)C(=O)N(C)C(Cc2ccc(OC)cc2)C(=O)NC(C(C)C)C(=O)OC1C. The number of fused-ring (bicyclic) bond motifs is 2. The second-order valence-corrected chi connectivity index (χ2v) is 18.2. The number of amides is 7. The second-order valence-electron chi connectivity index (χ2n) is 18.2. The Morgan fingerprint density at radius 3 is 1.94 bits per heavy atom. The van der Waals surface area contributed by atoms with Crippen molar-refractivity contribution < 1.29 is 62.8 Å². The Morgan fingerprint density at radius 2 is 1.37 bits per heavy atom. The fourth-order valence-corrected chi connectivity index (χ4v) is 8.51. The smallest absolute Gasteiger partial charge is 0.329 e. The highest BCUT2D eigenvalue weighted by atomic mass is 16.5. The molecular formula is C51H65N7O13. The van der Waals surface area contributed by atoms with Gasteiger partial charge in [0.05, 0.1) is 13.5 Å². The minimum absolute atomic E-state index is 0.0429. The van der Waals surface area contributed by atoms with Gasteiger partial charge < -0.3 is 56.1 Å². The number of hydrogen-bond acceptors (Lipinski definition) is 12. The number of nitrogens with one attached hydrogen (secondary N) is 5. The van der Waals surface area contributed by atoms with Gasteiger partial charge in [0, 0.05) is 32.7 Å². The van der Waals surface area contributed by atoms with Crippen molar-refractivity contribution in [3.8, 4) is 5.75 Å². The zero-order chi connectivity index (χ0) is 51.9. The summed E-state index contributed by atoms with van der Waals surface area (Å²) in [6.45, 7) is 6.20. The van der Waals surface area contributed by atoms with E-state index in [0.29, 0.717) is 28.9 Å². The summed E-state index contributed by atoms with van der Waals surface area (Å²) in [6.07, 6.45) is -4.18. The van der Waals surface area contributed by atoms with Gasteiger partial charge >= 0.3 is 11.9 Å². The maximum Gasteiger partial charge on any atom is 0.329 e. The van der Waals surface area contributed by atoms with Gasteiger partial charge in [0.25, 0.3) is 0 Å². The van der Waals surface area contributed by atoms with Crippen LogP contribution in [0.3, 0.4) is 0 Å². The summed E-state index contributed by atoms with van der Waals surface area (Å²) >= 11 is 0. The number of piperidine rings is 1. The number of aliphatic hydroxyl groups is 1. The van der Waals surface area contributed by atoms with Crippen LogP contribution in [0.15, 0.2) is 84.9 Å². The van der Waals surface area contributed by atoms with Crippen molar-refractivity contribution in [3.63, 3.8) is 0 Å². The van der Waals surface area contributed by atoms with E-state index in [1.165, 1.54) is 21.1 Å². The molecule has 0 aromatic heterocycles. The van der Waals surface area contributed by atoms with Gasteiger partial charge in [-0.3, -0.25) is 38.4 Å². The molecule has 0 aliphatic carbocycles. The van der Waals surface area contributed by atoms with E-state index in [2.05, 4.69) is 26.6 Å². The Hall–Kier alpha value is -7.35. The molecule has 2 aliphatic rings. The van der Waals surface area contributed by atoms with Gasteiger partial charge in [0.15, 0.2) is 0 Å². The Kier molecular flexibility index (Phi) is 19.6. The molecule has 0 spiro atoms. The molecule has 0 radical (unpaired) electrons. The third-order valence-electron chi connectivity index (χ3n) is 12.5. The topological polar surface area (TPSA) is 279 Å². The zero-order valence-corrected chi connectivity index (χ0v) is 40.8. The van der Waals surface area contributed by atoms with Crippen molar-refractivity contribution in [2.24, 2.45) is 5.92 Å². The first kappa shape index (κ1) is 54.6. The molecular weight excluding hydrogens is 919 g/mol. The molecule has 2 saturated heterocycles. The number of nitrogens with zero attached hydrogens (tertiary/aromatic N) is 2. The van der Waals surface area contributed by atoms with E-state index in [9.17, 15) is 48.6 Å². The highest BCUT2D eigenvalue weighted by Gasteiger charge is 2.46. The first-order valence-corrected chi connectivity index (χ1v) is 23.7. The quantitative estimate of drug-likeness (QED) is 0.106. The van der Waals surface area contributed by atoms with Crippen LogP contribution in [0.4, 0.5) is 0 Å². The summed E-state index contributed by atoms with van der Waals surface area (Å²) in [5.41, 5.74) is 1.76. The maximum absolute atomic E-state index is 15.1. The number of likely N-dealkylation sites (N-methyl/N-ethyl adjacent to an activating group) is 1. The average Bonchev–Trinajstić information content (AvgIpc) is 3.33. The fourth-order valence-electron chi connectivity index (χ4n) is 8.51. The van der Waals surface area contributed by atoms with E-state index in [1.54, 1.807) is 106 Å². The van der Waals surface area contributed by atoms with E-state index >= 15 is 4.79 Å². The van der Waals surface area contributed by atoms with Crippen LogP contribution in [0.1, 0.15) is 76.5 Å². The molecule has 20 heteroatoms. The molecule has 71 heavy (non-hydrogen) atoms. The fraction of sp³-hybridized carbons (Fsp3) is 0.471. The van der Waals surface area contributed by atoms with E-state index in [1.807, 2.05) is 0 Å². The Balaban J connectivity index is 1.65. The predicted molar refractivity (Wildman–Crippen MR) is 257 cm³/mol. The molecule has 3 aromatic rings. The Morgan fingerprint density at radius 1 is 0.775 bits per heavy atom. The van der Waals surface area contributed by atoms with Crippen LogP contribution in [-0.2, 0) is 67.2 Å². The lowest BCUT2D eigenvalue weighted by atomic mass is 9.95. The number of esters is 1. The summed E-state index contributed by atoms with van der Waals surface area (Å²) in [6, 6.07) is 13.4. The van der Waals surface area contributed by atoms with Crippen LogP contribution in [0.2, 0.25) is 0 Å². The molecule has 0 saturated carbocycles. The number of aliphatic hydroxyl groups excluding tert-OH is 1. The predicted octanol–water partition coefficient (Wildman–Crippen LogP) is 1.16. The van der Waals surface area contributed by atoms with Gasteiger partial charge in [0.1, 0.15) is 60.4 Å². The lowest BCUT2D eigenvalue weighted by Crippen LogP contribution is -2.65. The molecule has 9 unspecified atom stereocenters. The number of cyclic esters (lactones) is 1. The summed E-state index contributed by atoms with van der Waals surface area (Å²) in [7, 11) is 2.87. The number of hydrogen-bond donors (Lipinski definition) is 7. The molecule has 2 aliphatic heterocycles. The van der Waals surface area contributed by atoms with Gasteiger partial charge in [-0.1, -0.05) is 93.6 Å². The molecule has 382 valence electrons. The van der Waals surface area contributed by atoms with Gasteiger partial charge in [-0.25, -0.2) is 4.79 Å².